The summed E-state index contributed by atoms with van der Waals surface area (Å²) in [6.45, 7) is 0. The quantitative estimate of drug-likeness (QED) is 0.833. The summed E-state index contributed by atoms with van der Waals surface area (Å²) in [7, 11) is 0. The Bertz CT molecular complexity index is 601. The molecule has 4 heteroatoms. The third-order valence-corrected chi connectivity index (χ3v) is 5.50. The molecule has 2 aromatic heterocycles. The van der Waals surface area contributed by atoms with E-state index in [4.69, 9.17) is 4.74 Å². The third kappa shape index (κ3) is 2.02. The first-order valence-electron chi connectivity index (χ1n) is 7.34. The van der Waals surface area contributed by atoms with Gasteiger partial charge in [0.05, 0.1) is 5.39 Å². The zero-order chi connectivity index (χ0) is 12.7. The zero-order valence-corrected chi connectivity index (χ0v) is 11.8. The van der Waals surface area contributed by atoms with Crippen molar-refractivity contribution in [3.8, 4) is 5.88 Å². The summed E-state index contributed by atoms with van der Waals surface area (Å²) in [5.74, 6) is 0.844. The van der Waals surface area contributed by atoms with Crippen LogP contribution in [-0.2, 0) is 12.8 Å². The molecule has 0 aromatic carbocycles. The van der Waals surface area contributed by atoms with E-state index in [1.54, 1.807) is 6.33 Å². The van der Waals surface area contributed by atoms with Crippen molar-refractivity contribution in [1.82, 2.24) is 9.97 Å². The second-order valence-electron chi connectivity index (χ2n) is 5.59. The molecule has 0 unspecified atom stereocenters. The van der Waals surface area contributed by atoms with Gasteiger partial charge in [-0.2, -0.15) is 0 Å². The van der Waals surface area contributed by atoms with Crippen molar-refractivity contribution in [2.75, 3.05) is 0 Å². The maximum Gasteiger partial charge on any atom is 0.225 e. The van der Waals surface area contributed by atoms with Gasteiger partial charge in [-0.25, -0.2) is 9.97 Å². The number of aryl methyl sites for hydroxylation is 2. The summed E-state index contributed by atoms with van der Waals surface area (Å²) in [4.78, 5) is 11.5. The van der Waals surface area contributed by atoms with Gasteiger partial charge in [0, 0.05) is 4.88 Å². The summed E-state index contributed by atoms with van der Waals surface area (Å²) in [5.41, 5.74) is 1.46. The molecule has 0 bridgehead atoms. The lowest BCUT2D eigenvalue weighted by Gasteiger charge is -2.22. The van der Waals surface area contributed by atoms with E-state index in [0.717, 1.165) is 10.7 Å². The monoisotopic (exact) mass is 274 g/mol. The zero-order valence-electron chi connectivity index (χ0n) is 11.0. The van der Waals surface area contributed by atoms with Gasteiger partial charge in [-0.15, -0.1) is 11.3 Å². The SMILES string of the molecule is c1nc(OC2CCCCC2)c2c3c(sc2n1)CCC3. The molecule has 2 aliphatic carbocycles. The summed E-state index contributed by atoms with van der Waals surface area (Å²) >= 11 is 1.83. The summed E-state index contributed by atoms with van der Waals surface area (Å²) in [6.07, 6.45) is 12.0. The number of hydrogen-bond donors (Lipinski definition) is 0. The average molecular weight is 274 g/mol. The maximum absolute atomic E-state index is 6.21. The van der Waals surface area contributed by atoms with Crippen LogP contribution in [0.5, 0.6) is 5.88 Å². The molecule has 0 aliphatic heterocycles. The van der Waals surface area contributed by atoms with Crippen molar-refractivity contribution in [3.05, 3.63) is 16.8 Å². The van der Waals surface area contributed by atoms with Gasteiger partial charge >= 0.3 is 0 Å². The standard InChI is InChI=1S/C15H18N2OS/c1-2-5-10(6-3-1)18-14-13-11-7-4-8-12(11)19-15(13)17-9-16-14/h9-10H,1-8H2. The lowest BCUT2D eigenvalue weighted by atomic mass is 9.98. The van der Waals surface area contributed by atoms with Gasteiger partial charge in [0.1, 0.15) is 17.3 Å². The number of aromatic nitrogens is 2. The van der Waals surface area contributed by atoms with Crippen LogP contribution in [-0.4, -0.2) is 16.1 Å². The largest absolute Gasteiger partial charge is 0.474 e. The maximum atomic E-state index is 6.21. The number of thiophene rings is 1. The highest BCUT2D eigenvalue weighted by molar-refractivity contribution is 7.18. The van der Waals surface area contributed by atoms with E-state index in [-0.39, 0.29) is 0 Å². The van der Waals surface area contributed by atoms with Crippen LogP contribution in [0.3, 0.4) is 0 Å². The van der Waals surface area contributed by atoms with Crippen molar-refractivity contribution in [2.24, 2.45) is 0 Å². The second kappa shape index (κ2) is 4.75. The fourth-order valence-corrected chi connectivity index (χ4v) is 4.55. The lowest BCUT2D eigenvalue weighted by molar-refractivity contribution is 0.151. The van der Waals surface area contributed by atoms with E-state index in [9.17, 15) is 0 Å². The first-order chi connectivity index (χ1) is 9.42. The number of rotatable bonds is 2. The van der Waals surface area contributed by atoms with E-state index in [0.29, 0.717) is 6.10 Å². The van der Waals surface area contributed by atoms with Gasteiger partial charge in [0.2, 0.25) is 5.88 Å². The highest BCUT2D eigenvalue weighted by Gasteiger charge is 2.23. The van der Waals surface area contributed by atoms with E-state index >= 15 is 0 Å². The molecule has 1 saturated carbocycles. The van der Waals surface area contributed by atoms with E-state index in [1.165, 1.54) is 67.2 Å². The fraction of sp³-hybridized carbons (Fsp3) is 0.600. The molecule has 19 heavy (non-hydrogen) atoms. The molecule has 0 N–H and O–H groups in total. The Morgan fingerprint density at radius 2 is 1.95 bits per heavy atom. The molecular formula is C15H18N2OS. The highest BCUT2D eigenvalue weighted by atomic mass is 32.1. The molecule has 3 nitrogen and oxygen atoms in total. The van der Waals surface area contributed by atoms with Crippen molar-refractivity contribution in [2.45, 2.75) is 57.5 Å². The van der Waals surface area contributed by atoms with Gasteiger partial charge in [-0.1, -0.05) is 6.42 Å². The van der Waals surface area contributed by atoms with Crippen LogP contribution in [0.25, 0.3) is 10.2 Å². The Kier molecular flexibility index (Phi) is 2.91. The Morgan fingerprint density at radius 3 is 2.84 bits per heavy atom. The van der Waals surface area contributed by atoms with Crippen molar-refractivity contribution >= 4 is 21.6 Å². The van der Waals surface area contributed by atoms with Crippen LogP contribution in [0.1, 0.15) is 49.0 Å². The minimum Gasteiger partial charge on any atom is -0.474 e. The Labute approximate surface area is 117 Å². The number of nitrogens with zero attached hydrogens (tertiary/aromatic N) is 2. The topological polar surface area (TPSA) is 35.0 Å². The normalized spacial score (nSPS) is 19.8. The summed E-state index contributed by atoms with van der Waals surface area (Å²) in [5, 5.41) is 1.21. The molecule has 100 valence electrons. The van der Waals surface area contributed by atoms with Gasteiger partial charge in [0.25, 0.3) is 0 Å². The number of ether oxygens (including phenoxy) is 1. The molecule has 1 fully saturated rings. The minimum atomic E-state index is 0.365. The molecule has 2 aromatic rings. The van der Waals surface area contributed by atoms with Crippen LogP contribution in [0.2, 0.25) is 0 Å². The number of hydrogen-bond acceptors (Lipinski definition) is 4. The molecule has 0 atom stereocenters. The second-order valence-corrected chi connectivity index (χ2v) is 6.68. The van der Waals surface area contributed by atoms with Crippen LogP contribution >= 0.6 is 11.3 Å². The van der Waals surface area contributed by atoms with Crippen LogP contribution in [0.15, 0.2) is 6.33 Å². The van der Waals surface area contributed by atoms with Crippen molar-refractivity contribution in [3.63, 3.8) is 0 Å². The molecule has 0 spiro atoms. The minimum absolute atomic E-state index is 0.365. The van der Waals surface area contributed by atoms with E-state index in [1.807, 2.05) is 11.3 Å². The Morgan fingerprint density at radius 1 is 1.05 bits per heavy atom. The third-order valence-electron chi connectivity index (χ3n) is 4.30. The fourth-order valence-electron chi connectivity index (χ4n) is 3.33. The summed E-state index contributed by atoms with van der Waals surface area (Å²) < 4.78 is 6.21. The van der Waals surface area contributed by atoms with E-state index < -0.39 is 0 Å². The Hall–Kier alpha value is -1.16. The predicted molar refractivity (Wildman–Crippen MR) is 76.9 cm³/mol. The average Bonchev–Trinajstić information content (AvgIpc) is 3.00. The smallest absolute Gasteiger partial charge is 0.225 e. The molecule has 2 heterocycles. The van der Waals surface area contributed by atoms with Gasteiger partial charge < -0.3 is 4.74 Å². The van der Waals surface area contributed by atoms with Crippen LogP contribution in [0.4, 0.5) is 0 Å². The van der Waals surface area contributed by atoms with Gasteiger partial charge in [-0.3, -0.25) is 0 Å². The first kappa shape index (κ1) is 11.6. The van der Waals surface area contributed by atoms with E-state index in [2.05, 4.69) is 9.97 Å². The predicted octanol–water partition coefficient (Wildman–Crippen LogP) is 3.89. The first-order valence-corrected chi connectivity index (χ1v) is 8.15. The molecule has 2 aliphatic rings. The molecule has 0 radical (unpaired) electrons. The highest BCUT2D eigenvalue weighted by Crippen LogP contribution is 2.40. The van der Waals surface area contributed by atoms with Crippen molar-refractivity contribution in [1.29, 1.82) is 0 Å². The van der Waals surface area contributed by atoms with Crippen LogP contribution < -0.4 is 4.74 Å². The molecular weight excluding hydrogens is 256 g/mol. The van der Waals surface area contributed by atoms with Crippen molar-refractivity contribution < 1.29 is 4.74 Å². The molecule has 4 rings (SSSR count). The molecule has 0 amide bonds. The Balaban J connectivity index is 1.72. The molecule has 0 saturated heterocycles. The van der Waals surface area contributed by atoms with Gasteiger partial charge in [-0.05, 0) is 50.5 Å². The lowest BCUT2D eigenvalue weighted by Crippen LogP contribution is -2.20. The number of fused-ring (bicyclic) bond motifs is 3. The summed E-state index contributed by atoms with van der Waals surface area (Å²) in [6, 6.07) is 0. The van der Waals surface area contributed by atoms with Gasteiger partial charge in [0.15, 0.2) is 0 Å². The van der Waals surface area contributed by atoms with Crippen LogP contribution in [0, 0.1) is 0 Å².